The highest BCUT2D eigenvalue weighted by atomic mass is 16.3. The first-order valence-corrected chi connectivity index (χ1v) is 8.66. The quantitative estimate of drug-likeness (QED) is 0.783. The Kier molecular flexibility index (Phi) is 4.35. The Labute approximate surface area is 144 Å². The van der Waals surface area contributed by atoms with Crippen molar-refractivity contribution in [2.45, 2.75) is 45.6 Å². The van der Waals surface area contributed by atoms with Crippen molar-refractivity contribution in [2.75, 3.05) is 11.4 Å². The van der Waals surface area contributed by atoms with E-state index in [1.165, 1.54) is 11.3 Å². The fourth-order valence-electron chi connectivity index (χ4n) is 3.91. The summed E-state index contributed by atoms with van der Waals surface area (Å²) in [5.74, 6) is 0.732. The van der Waals surface area contributed by atoms with Gasteiger partial charge in [0.2, 0.25) is 0 Å². The van der Waals surface area contributed by atoms with Crippen molar-refractivity contribution < 1.29 is 5.11 Å². The van der Waals surface area contributed by atoms with Crippen molar-refractivity contribution >= 4 is 17.6 Å². The molecule has 126 valence electrons. The van der Waals surface area contributed by atoms with E-state index in [4.69, 9.17) is 0 Å². The molecule has 1 heterocycles. The summed E-state index contributed by atoms with van der Waals surface area (Å²) in [6, 6.07) is 13.7. The minimum Gasteiger partial charge on any atom is -0.506 e. The number of phenolic OH excluding ortho intramolecular Hbond substituents is 1. The summed E-state index contributed by atoms with van der Waals surface area (Å²) in [7, 11) is 0. The van der Waals surface area contributed by atoms with E-state index in [1.807, 2.05) is 18.3 Å². The molecule has 1 atom stereocenters. The first kappa shape index (κ1) is 16.6. The number of benzene rings is 2. The van der Waals surface area contributed by atoms with E-state index in [0.29, 0.717) is 11.6 Å². The number of anilines is 1. The monoisotopic (exact) mass is 322 g/mol. The number of aliphatic imine (C=N–C) groups is 1. The van der Waals surface area contributed by atoms with Crippen LogP contribution in [-0.2, 0) is 0 Å². The Morgan fingerprint density at radius 2 is 2.00 bits per heavy atom. The lowest BCUT2D eigenvalue weighted by Crippen LogP contribution is -2.48. The van der Waals surface area contributed by atoms with Crippen LogP contribution in [0.15, 0.2) is 47.5 Å². The van der Waals surface area contributed by atoms with E-state index in [2.05, 4.69) is 55.8 Å². The largest absolute Gasteiger partial charge is 0.506 e. The summed E-state index contributed by atoms with van der Waals surface area (Å²) in [6.07, 6.45) is 2.98. The van der Waals surface area contributed by atoms with E-state index in [1.54, 1.807) is 12.1 Å². The molecule has 1 aliphatic rings. The molecule has 0 bridgehead atoms. The van der Waals surface area contributed by atoms with Crippen LogP contribution in [0.25, 0.3) is 0 Å². The molecule has 2 aromatic carbocycles. The number of rotatable bonds is 3. The molecule has 1 N–H and O–H groups in total. The normalized spacial score (nSPS) is 19.5. The lowest BCUT2D eigenvalue weighted by Gasteiger charge is -2.47. The van der Waals surface area contributed by atoms with Gasteiger partial charge in [0.15, 0.2) is 0 Å². The van der Waals surface area contributed by atoms with Gasteiger partial charge in [-0.15, -0.1) is 0 Å². The third-order valence-electron chi connectivity index (χ3n) is 4.96. The Balaban J connectivity index is 1.94. The molecule has 0 aromatic heterocycles. The lowest BCUT2D eigenvalue weighted by molar-refractivity contribution is 0.381. The summed E-state index contributed by atoms with van der Waals surface area (Å²) in [6.45, 7) is 10.2. The molecule has 0 saturated heterocycles. The van der Waals surface area contributed by atoms with Crippen LogP contribution in [0.5, 0.6) is 5.75 Å². The van der Waals surface area contributed by atoms with Crippen LogP contribution in [-0.4, -0.2) is 23.4 Å². The molecule has 3 nitrogen and oxygen atoms in total. The minimum atomic E-state index is 0.187. The van der Waals surface area contributed by atoms with Gasteiger partial charge in [-0.1, -0.05) is 25.1 Å². The lowest BCUT2D eigenvalue weighted by atomic mass is 9.79. The molecule has 0 aliphatic carbocycles. The second kappa shape index (κ2) is 6.31. The van der Waals surface area contributed by atoms with Crippen molar-refractivity contribution in [3.8, 4) is 5.75 Å². The standard InChI is InChI=1S/C21H26N2O/c1-5-23-19-11-10-16(12-17(19)15(2)13-21(23,3)4)14-22-18-8-6-7-9-20(18)24/h6-12,14-15,24H,5,13H2,1-4H3/t15-/m1/s1. The number of hydrogen-bond acceptors (Lipinski definition) is 3. The molecule has 0 radical (unpaired) electrons. The van der Waals surface area contributed by atoms with Gasteiger partial charge in [-0.05, 0) is 68.5 Å². The van der Waals surface area contributed by atoms with Crippen LogP contribution >= 0.6 is 0 Å². The van der Waals surface area contributed by atoms with Gasteiger partial charge in [-0.25, -0.2) is 0 Å². The minimum absolute atomic E-state index is 0.187. The number of aromatic hydroxyl groups is 1. The number of para-hydroxylation sites is 2. The van der Waals surface area contributed by atoms with Crippen LogP contribution in [0.4, 0.5) is 11.4 Å². The van der Waals surface area contributed by atoms with E-state index in [-0.39, 0.29) is 11.3 Å². The van der Waals surface area contributed by atoms with E-state index in [9.17, 15) is 5.11 Å². The van der Waals surface area contributed by atoms with Gasteiger partial charge in [0, 0.05) is 24.0 Å². The van der Waals surface area contributed by atoms with Gasteiger partial charge in [-0.3, -0.25) is 4.99 Å². The van der Waals surface area contributed by atoms with Crippen LogP contribution in [0, 0.1) is 0 Å². The number of fused-ring (bicyclic) bond motifs is 1. The highest BCUT2D eigenvalue weighted by molar-refractivity contribution is 5.84. The molecule has 24 heavy (non-hydrogen) atoms. The Bertz CT molecular complexity index is 764. The van der Waals surface area contributed by atoms with E-state index >= 15 is 0 Å². The van der Waals surface area contributed by atoms with Gasteiger partial charge in [-0.2, -0.15) is 0 Å². The first-order chi connectivity index (χ1) is 11.4. The van der Waals surface area contributed by atoms with E-state index in [0.717, 1.165) is 18.5 Å². The Hall–Kier alpha value is -2.29. The first-order valence-electron chi connectivity index (χ1n) is 8.66. The maximum Gasteiger partial charge on any atom is 0.141 e. The highest BCUT2D eigenvalue weighted by Gasteiger charge is 2.35. The fourth-order valence-corrected chi connectivity index (χ4v) is 3.91. The smallest absolute Gasteiger partial charge is 0.141 e. The molecule has 0 fully saturated rings. The van der Waals surface area contributed by atoms with Crippen molar-refractivity contribution in [2.24, 2.45) is 4.99 Å². The van der Waals surface area contributed by atoms with Crippen LogP contribution in [0.2, 0.25) is 0 Å². The second-order valence-corrected chi connectivity index (χ2v) is 7.23. The third kappa shape index (κ3) is 3.03. The molecule has 0 unspecified atom stereocenters. The molecule has 0 spiro atoms. The van der Waals surface area contributed by atoms with Gasteiger partial charge in [0.05, 0.1) is 0 Å². The SMILES string of the molecule is CCN1c2ccc(C=Nc3ccccc3O)cc2[C@H](C)CC1(C)C. The fraction of sp³-hybridized carbons (Fsp3) is 0.381. The van der Waals surface area contributed by atoms with E-state index < -0.39 is 0 Å². The van der Waals surface area contributed by atoms with Crippen LogP contribution in [0.3, 0.4) is 0 Å². The summed E-state index contributed by atoms with van der Waals surface area (Å²) >= 11 is 0. The summed E-state index contributed by atoms with van der Waals surface area (Å²) in [4.78, 5) is 6.92. The molecule has 3 rings (SSSR count). The number of nitrogens with zero attached hydrogens (tertiary/aromatic N) is 2. The van der Waals surface area contributed by atoms with Gasteiger partial charge in [0.25, 0.3) is 0 Å². The topological polar surface area (TPSA) is 35.8 Å². The zero-order chi connectivity index (χ0) is 17.3. The summed E-state index contributed by atoms with van der Waals surface area (Å²) in [5.41, 5.74) is 4.57. The van der Waals surface area contributed by atoms with Crippen molar-refractivity contribution in [1.29, 1.82) is 0 Å². The van der Waals surface area contributed by atoms with Gasteiger partial charge < -0.3 is 10.0 Å². The number of hydrogen-bond donors (Lipinski definition) is 1. The maximum atomic E-state index is 9.83. The zero-order valence-electron chi connectivity index (χ0n) is 15.0. The molecule has 3 heteroatoms. The molecule has 0 amide bonds. The summed E-state index contributed by atoms with van der Waals surface area (Å²) in [5, 5.41) is 9.83. The average Bonchev–Trinajstić information content (AvgIpc) is 2.54. The maximum absolute atomic E-state index is 9.83. The molecular weight excluding hydrogens is 296 g/mol. The molecule has 2 aromatic rings. The highest BCUT2D eigenvalue weighted by Crippen LogP contribution is 2.43. The molecule has 1 aliphatic heterocycles. The predicted octanol–water partition coefficient (Wildman–Crippen LogP) is 5.25. The van der Waals surface area contributed by atoms with Crippen molar-refractivity contribution in [1.82, 2.24) is 0 Å². The van der Waals surface area contributed by atoms with Crippen molar-refractivity contribution in [3.63, 3.8) is 0 Å². The Morgan fingerprint density at radius 1 is 1.25 bits per heavy atom. The zero-order valence-corrected chi connectivity index (χ0v) is 15.0. The average molecular weight is 322 g/mol. The third-order valence-corrected chi connectivity index (χ3v) is 4.96. The van der Waals surface area contributed by atoms with Crippen molar-refractivity contribution in [3.05, 3.63) is 53.6 Å². The van der Waals surface area contributed by atoms with Crippen LogP contribution in [0.1, 0.15) is 51.2 Å². The summed E-state index contributed by atoms with van der Waals surface area (Å²) < 4.78 is 0. The molecular formula is C21H26N2O. The number of phenols is 1. The van der Waals surface area contributed by atoms with Crippen LogP contribution < -0.4 is 4.90 Å². The van der Waals surface area contributed by atoms with Gasteiger partial charge >= 0.3 is 0 Å². The molecule has 0 saturated carbocycles. The predicted molar refractivity (Wildman–Crippen MR) is 102 cm³/mol. The Morgan fingerprint density at radius 3 is 2.71 bits per heavy atom. The second-order valence-electron chi connectivity index (χ2n) is 7.23. The van der Waals surface area contributed by atoms with Gasteiger partial charge in [0.1, 0.15) is 11.4 Å².